The molecule has 4 nitrogen and oxygen atoms in total. The predicted octanol–water partition coefficient (Wildman–Crippen LogP) is 3.73. The van der Waals surface area contributed by atoms with Crippen LogP contribution in [0.4, 0.5) is 14.5 Å². The molecule has 2 rings (SSSR count). The van der Waals surface area contributed by atoms with Crippen LogP contribution in [0.2, 0.25) is 0 Å². The average Bonchev–Trinajstić information content (AvgIpc) is 2.45. The number of anilines is 1. The van der Waals surface area contributed by atoms with Crippen molar-refractivity contribution in [3.05, 3.63) is 42.0 Å². The van der Waals surface area contributed by atoms with Crippen LogP contribution in [0.15, 0.2) is 41.3 Å². The summed E-state index contributed by atoms with van der Waals surface area (Å²) in [6.07, 6.45) is 0. The number of phenols is 3. The summed E-state index contributed by atoms with van der Waals surface area (Å²) in [5, 5.41) is 31.3. The quantitative estimate of drug-likeness (QED) is 0.500. The van der Waals surface area contributed by atoms with E-state index in [1.165, 1.54) is 12.1 Å². The summed E-state index contributed by atoms with van der Waals surface area (Å²) < 4.78 is 24.9. The van der Waals surface area contributed by atoms with Crippen molar-refractivity contribution in [1.82, 2.24) is 0 Å². The van der Waals surface area contributed by atoms with Gasteiger partial charge in [0.05, 0.1) is 0 Å². The highest BCUT2D eigenvalue weighted by Gasteiger charge is 2.12. The van der Waals surface area contributed by atoms with Gasteiger partial charge in [0.1, 0.15) is 0 Å². The van der Waals surface area contributed by atoms with Crippen LogP contribution in [0.25, 0.3) is 0 Å². The third-order valence-corrected chi connectivity index (χ3v) is 3.57. The van der Waals surface area contributed by atoms with Crippen LogP contribution >= 0.6 is 11.8 Å². The van der Waals surface area contributed by atoms with Crippen molar-refractivity contribution in [2.45, 2.75) is 17.2 Å². The molecule has 0 fully saturated rings. The molecule has 4 N–H and O–H groups in total. The van der Waals surface area contributed by atoms with Crippen molar-refractivity contribution < 1.29 is 24.1 Å². The van der Waals surface area contributed by atoms with Crippen molar-refractivity contribution in [3.63, 3.8) is 0 Å². The van der Waals surface area contributed by atoms with Crippen molar-refractivity contribution in [2.75, 3.05) is 5.32 Å². The Bertz CT molecular complexity index is 638. The fourth-order valence-electron chi connectivity index (χ4n) is 1.76. The Hall–Kier alpha value is -2.15. The molecule has 21 heavy (non-hydrogen) atoms. The standard InChI is InChI=1S/C14H13F2NO3S/c15-14(16)21-11-4-2-1-3-9(11)17-7-8-5-6-10(18)13(20)12(8)19/h1-6,14,17-20H,7H2. The molecular weight excluding hydrogens is 300 g/mol. The van der Waals surface area contributed by atoms with Crippen LogP contribution in [-0.2, 0) is 6.54 Å². The first-order chi connectivity index (χ1) is 9.99. The van der Waals surface area contributed by atoms with Crippen LogP contribution < -0.4 is 5.32 Å². The Labute approximate surface area is 124 Å². The zero-order chi connectivity index (χ0) is 15.4. The number of halogens is 2. The van der Waals surface area contributed by atoms with Crippen LogP contribution in [0.3, 0.4) is 0 Å². The topological polar surface area (TPSA) is 72.7 Å². The monoisotopic (exact) mass is 313 g/mol. The molecule has 0 unspecified atom stereocenters. The highest BCUT2D eigenvalue weighted by Crippen LogP contribution is 2.38. The molecule has 7 heteroatoms. The second-order valence-electron chi connectivity index (χ2n) is 4.17. The molecule has 0 amide bonds. The van der Waals surface area contributed by atoms with E-state index in [0.717, 1.165) is 0 Å². The first kappa shape index (κ1) is 15.2. The van der Waals surface area contributed by atoms with Gasteiger partial charge in [0, 0.05) is 22.7 Å². The van der Waals surface area contributed by atoms with Gasteiger partial charge in [0.15, 0.2) is 11.5 Å². The predicted molar refractivity (Wildman–Crippen MR) is 77.1 cm³/mol. The van der Waals surface area contributed by atoms with E-state index in [1.807, 2.05) is 0 Å². The van der Waals surface area contributed by atoms with Gasteiger partial charge >= 0.3 is 0 Å². The summed E-state index contributed by atoms with van der Waals surface area (Å²) in [6, 6.07) is 9.23. The van der Waals surface area contributed by atoms with Gasteiger partial charge in [-0.25, -0.2) is 0 Å². The Morgan fingerprint density at radius 2 is 1.71 bits per heavy atom. The Morgan fingerprint density at radius 1 is 1.00 bits per heavy atom. The summed E-state index contributed by atoms with van der Waals surface area (Å²) in [5.41, 5.74) is 0.830. The molecule has 0 aliphatic carbocycles. The highest BCUT2D eigenvalue weighted by molar-refractivity contribution is 7.99. The van der Waals surface area contributed by atoms with E-state index < -0.39 is 23.0 Å². The normalized spacial score (nSPS) is 10.8. The lowest BCUT2D eigenvalue weighted by atomic mass is 10.1. The minimum atomic E-state index is -2.53. The minimum Gasteiger partial charge on any atom is -0.504 e. The largest absolute Gasteiger partial charge is 0.504 e. The maximum absolute atomic E-state index is 12.5. The number of benzene rings is 2. The molecular formula is C14H13F2NO3S. The number of rotatable bonds is 5. The van der Waals surface area contributed by atoms with E-state index in [-0.39, 0.29) is 6.54 Å². The van der Waals surface area contributed by atoms with Crippen LogP contribution in [0, 0.1) is 0 Å². The zero-order valence-electron chi connectivity index (χ0n) is 10.8. The fraction of sp³-hybridized carbons (Fsp3) is 0.143. The third kappa shape index (κ3) is 3.69. The van der Waals surface area contributed by atoms with Gasteiger partial charge in [-0.2, -0.15) is 8.78 Å². The first-order valence-electron chi connectivity index (χ1n) is 5.99. The van der Waals surface area contributed by atoms with E-state index in [9.17, 15) is 24.1 Å². The maximum atomic E-state index is 12.5. The number of alkyl halides is 2. The molecule has 0 saturated carbocycles. The number of thioether (sulfide) groups is 1. The van der Waals surface area contributed by atoms with Crippen LogP contribution in [0.1, 0.15) is 5.56 Å². The molecule has 0 aliphatic heterocycles. The van der Waals surface area contributed by atoms with E-state index >= 15 is 0 Å². The summed E-state index contributed by atoms with van der Waals surface area (Å²) in [6.45, 7) is 0.112. The molecule has 0 aliphatic rings. The van der Waals surface area contributed by atoms with E-state index in [0.29, 0.717) is 27.9 Å². The maximum Gasteiger partial charge on any atom is 0.288 e. The van der Waals surface area contributed by atoms with Crippen molar-refractivity contribution in [2.24, 2.45) is 0 Å². The lowest BCUT2D eigenvalue weighted by molar-refractivity contribution is 0.252. The van der Waals surface area contributed by atoms with Gasteiger partial charge in [0.25, 0.3) is 5.76 Å². The SMILES string of the molecule is Oc1ccc(CNc2ccccc2SC(F)F)c(O)c1O. The highest BCUT2D eigenvalue weighted by atomic mass is 32.2. The summed E-state index contributed by atoms with van der Waals surface area (Å²) in [5.74, 6) is -4.00. The van der Waals surface area contributed by atoms with E-state index in [4.69, 9.17) is 0 Å². The molecule has 112 valence electrons. The lowest BCUT2D eigenvalue weighted by Gasteiger charge is -2.13. The van der Waals surface area contributed by atoms with Gasteiger partial charge in [-0.05, 0) is 24.3 Å². The Morgan fingerprint density at radius 3 is 2.43 bits per heavy atom. The average molecular weight is 313 g/mol. The Balaban J connectivity index is 2.15. The number of hydrogen-bond acceptors (Lipinski definition) is 5. The summed E-state index contributed by atoms with van der Waals surface area (Å²) >= 11 is 0.422. The van der Waals surface area contributed by atoms with E-state index in [1.54, 1.807) is 24.3 Å². The van der Waals surface area contributed by atoms with Crippen molar-refractivity contribution >= 4 is 17.4 Å². The molecule has 0 aromatic heterocycles. The molecule has 0 spiro atoms. The third-order valence-electron chi connectivity index (χ3n) is 2.79. The van der Waals surface area contributed by atoms with Gasteiger partial charge in [-0.3, -0.25) is 0 Å². The van der Waals surface area contributed by atoms with Gasteiger partial charge in [-0.1, -0.05) is 23.9 Å². The number of hydrogen-bond donors (Lipinski definition) is 4. The zero-order valence-corrected chi connectivity index (χ0v) is 11.6. The summed E-state index contributed by atoms with van der Waals surface area (Å²) in [7, 11) is 0. The molecule has 0 heterocycles. The number of aromatic hydroxyl groups is 3. The molecule has 2 aromatic rings. The molecule has 0 atom stereocenters. The minimum absolute atomic E-state index is 0.112. The molecule has 2 aromatic carbocycles. The van der Waals surface area contributed by atoms with E-state index in [2.05, 4.69) is 5.32 Å². The van der Waals surface area contributed by atoms with Gasteiger partial charge in [0.2, 0.25) is 5.75 Å². The van der Waals surface area contributed by atoms with Crippen LogP contribution in [0.5, 0.6) is 17.2 Å². The molecule has 0 radical (unpaired) electrons. The molecule has 0 saturated heterocycles. The van der Waals surface area contributed by atoms with Crippen molar-refractivity contribution in [1.29, 1.82) is 0 Å². The Kier molecular flexibility index (Phi) is 4.74. The lowest BCUT2D eigenvalue weighted by Crippen LogP contribution is -2.01. The fourth-order valence-corrected chi connectivity index (χ4v) is 2.37. The number of nitrogens with one attached hydrogen (secondary N) is 1. The second-order valence-corrected chi connectivity index (χ2v) is 5.20. The van der Waals surface area contributed by atoms with Gasteiger partial charge in [-0.15, -0.1) is 0 Å². The van der Waals surface area contributed by atoms with Gasteiger partial charge < -0.3 is 20.6 Å². The number of para-hydroxylation sites is 1. The van der Waals surface area contributed by atoms with Crippen LogP contribution in [-0.4, -0.2) is 21.1 Å². The number of phenolic OH excluding ortho intramolecular Hbond substituents is 3. The smallest absolute Gasteiger partial charge is 0.288 e. The first-order valence-corrected chi connectivity index (χ1v) is 6.87. The van der Waals surface area contributed by atoms with Crippen molar-refractivity contribution in [3.8, 4) is 17.2 Å². The second kappa shape index (κ2) is 6.53. The molecule has 0 bridgehead atoms. The summed E-state index contributed by atoms with van der Waals surface area (Å²) in [4.78, 5) is 0.384.